The summed E-state index contributed by atoms with van der Waals surface area (Å²) in [6, 6.07) is 0. The van der Waals surface area contributed by atoms with Crippen molar-refractivity contribution in [2.45, 2.75) is 25.8 Å². The molecule has 0 aromatic carbocycles. The van der Waals surface area contributed by atoms with Gasteiger partial charge in [0.2, 0.25) is 0 Å². The van der Waals surface area contributed by atoms with Crippen molar-refractivity contribution in [2.24, 2.45) is 0 Å². The second kappa shape index (κ2) is 2.90. The smallest absolute Gasteiger partial charge is 0.290 e. The molecule has 32 valence electrons. The molecule has 0 saturated carbocycles. The van der Waals surface area contributed by atoms with Crippen LogP contribution in [0.1, 0.15) is 20.8 Å². The first-order valence-corrected chi connectivity index (χ1v) is 2.56. The molecule has 0 aliphatic heterocycles. The van der Waals surface area contributed by atoms with E-state index in [2.05, 4.69) is 20.8 Å². The Kier molecular flexibility index (Phi) is 4.81. The van der Waals surface area contributed by atoms with Crippen molar-refractivity contribution in [3.63, 3.8) is 0 Å². The molecule has 2 heteroatoms. The van der Waals surface area contributed by atoms with Crippen molar-refractivity contribution in [3.05, 3.63) is 0 Å². The van der Waals surface area contributed by atoms with Crippen LogP contribution in [-0.2, 0) is 0 Å². The summed E-state index contributed by atoms with van der Waals surface area (Å²) in [5.74, 6) is 0. The summed E-state index contributed by atoms with van der Waals surface area (Å²) in [7, 11) is 2.01. The van der Waals surface area contributed by atoms with Crippen LogP contribution in [0.25, 0.3) is 0 Å². The molecule has 0 saturated heterocycles. The van der Waals surface area contributed by atoms with Gasteiger partial charge in [-0.2, -0.15) is 5.04 Å². The third-order valence-electron chi connectivity index (χ3n) is 0. The van der Waals surface area contributed by atoms with Gasteiger partial charge in [0.25, 0.3) is 0 Å². The molecule has 0 unspecified atom stereocenters. The molecule has 0 aliphatic carbocycles. The van der Waals surface area contributed by atoms with Gasteiger partial charge in [0.1, 0.15) is 0 Å². The summed E-state index contributed by atoms with van der Waals surface area (Å²) in [5, 5.41) is 0.528. The predicted molar refractivity (Wildman–Crippen MR) is 28.3 cm³/mol. The van der Waals surface area contributed by atoms with Gasteiger partial charge in [0, 0.05) is 0 Å². The van der Waals surface area contributed by atoms with Crippen LogP contribution in [0.5, 0.6) is 0 Å². The molecule has 0 aromatic rings. The molecule has 0 heterocycles. The third kappa shape index (κ3) is 106. The van der Waals surface area contributed by atoms with Crippen molar-refractivity contribution >= 4 is 10.2 Å². The van der Waals surface area contributed by atoms with Gasteiger partial charge in [-0.15, -0.1) is 0 Å². The minimum absolute atomic E-state index is 0. The van der Waals surface area contributed by atoms with Crippen molar-refractivity contribution in [1.29, 1.82) is 0 Å². The first kappa shape index (κ1) is 9.94. The van der Waals surface area contributed by atoms with Gasteiger partial charge in [-0.1, -0.05) is 20.8 Å². The van der Waals surface area contributed by atoms with Crippen LogP contribution in [0, 0.1) is 0 Å². The van der Waals surface area contributed by atoms with Gasteiger partial charge in [-0.25, -0.2) is 0 Å². The summed E-state index contributed by atoms with van der Waals surface area (Å²) < 4.78 is 0. The fraction of sp³-hybridized carbons (Fsp3) is 1.00. The minimum Gasteiger partial charge on any atom is -0.290 e. The standard InChI is InChI=1S/C4H11Si.Li/c1-4(2,3)5;/h5H2,1-3H3;/q-1;+1. The molecule has 0 rings (SSSR count). The van der Waals surface area contributed by atoms with Crippen molar-refractivity contribution in [1.82, 2.24) is 0 Å². The first-order valence-electron chi connectivity index (χ1n) is 1.85. The SMILES string of the molecule is CC(C)(C)[SiH2-].[Li+]. The average molecular weight is 94.2 g/mol. The maximum atomic E-state index is 2.20. The molecule has 0 nitrogen and oxygen atoms in total. The van der Waals surface area contributed by atoms with Gasteiger partial charge >= 0.3 is 18.9 Å². The Morgan fingerprint density at radius 2 is 1.17 bits per heavy atom. The summed E-state index contributed by atoms with van der Waals surface area (Å²) in [4.78, 5) is 0. The van der Waals surface area contributed by atoms with Crippen LogP contribution in [0.2, 0.25) is 5.04 Å². The molecule has 0 atom stereocenters. The molecule has 0 spiro atoms. The zero-order valence-corrected chi connectivity index (χ0v) is 6.62. The minimum atomic E-state index is 0. The Balaban J connectivity index is 0. The first-order chi connectivity index (χ1) is 2.00. The Bertz CT molecular complexity index is 23.0. The topological polar surface area (TPSA) is 0 Å². The van der Waals surface area contributed by atoms with E-state index in [-0.39, 0.29) is 18.9 Å². The van der Waals surface area contributed by atoms with Gasteiger partial charge < -0.3 is 0 Å². The van der Waals surface area contributed by atoms with Crippen LogP contribution < -0.4 is 18.9 Å². The third-order valence-corrected chi connectivity index (χ3v) is 0. The fourth-order valence-electron chi connectivity index (χ4n) is 0. The van der Waals surface area contributed by atoms with Crippen molar-refractivity contribution in [3.8, 4) is 0 Å². The Morgan fingerprint density at radius 3 is 1.17 bits per heavy atom. The zero-order chi connectivity index (χ0) is 4.50. The van der Waals surface area contributed by atoms with Crippen molar-refractivity contribution < 1.29 is 18.9 Å². The summed E-state index contributed by atoms with van der Waals surface area (Å²) >= 11 is 0. The fourth-order valence-corrected chi connectivity index (χ4v) is 0. The van der Waals surface area contributed by atoms with Crippen LogP contribution in [0.4, 0.5) is 0 Å². The Morgan fingerprint density at radius 1 is 1.17 bits per heavy atom. The molecule has 0 bridgehead atoms. The average Bonchev–Trinajstić information content (AvgIpc) is 0.722. The number of hydrogen-bond donors (Lipinski definition) is 0. The summed E-state index contributed by atoms with van der Waals surface area (Å²) in [6.45, 7) is 6.60. The summed E-state index contributed by atoms with van der Waals surface area (Å²) in [5.41, 5.74) is 0. The van der Waals surface area contributed by atoms with Crippen molar-refractivity contribution in [2.75, 3.05) is 0 Å². The molecule has 0 aliphatic rings. The molecule has 6 heavy (non-hydrogen) atoms. The van der Waals surface area contributed by atoms with E-state index < -0.39 is 0 Å². The van der Waals surface area contributed by atoms with E-state index in [4.69, 9.17) is 0 Å². The molecule has 0 amide bonds. The van der Waals surface area contributed by atoms with Gasteiger partial charge in [-0.05, 0) is 0 Å². The second-order valence-electron chi connectivity index (χ2n) is 2.56. The van der Waals surface area contributed by atoms with Gasteiger partial charge in [0.15, 0.2) is 0 Å². The normalized spacial score (nSPS) is 10.0. The van der Waals surface area contributed by atoms with E-state index in [1.807, 2.05) is 10.2 Å². The van der Waals surface area contributed by atoms with E-state index in [0.29, 0.717) is 5.04 Å². The van der Waals surface area contributed by atoms with Crippen LogP contribution in [0.15, 0.2) is 0 Å². The van der Waals surface area contributed by atoms with Gasteiger partial charge in [0.05, 0.1) is 0 Å². The summed E-state index contributed by atoms with van der Waals surface area (Å²) in [6.07, 6.45) is 0. The van der Waals surface area contributed by atoms with E-state index in [9.17, 15) is 0 Å². The largest absolute Gasteiger partial charge is 1.00 e. The molecule has 0 N–H and O–H groups in total. The van der Waals surface area contributed by atoms with E-state index >= 15 is 0 Å². The Labute approximate surface area is 55.3 Å². The number of rotatable bonds is 0. The monoisotopic (exact) mass is 94.1 g/mol. The molecule has 0 aromatic heterocycles. The Hall–Kier alpha value is 0.814. The van der Waals surface area contributed by atoms with E-state index in [1.165, 1.54) is 0 Å². The molecular formula is C4H11LiSi. The maximum absolute atomic E-state index is 2.20. The zero-order valence-electron chi connectivity index (χ0n) is 5.21. The molecular weight excluding hydrogens is 83.1 g/mol. The maximum Gasteiger partial charge on any atom is 1.00 e. The number of hydrogen-bond acceptors (Lipinski definition) is 0. The van der Waals surface area contributed by atoms with Gasteiger partial charge in [-0.3, -0.25) is 10.2 Å². The van der Waals surface area contributed by atoms with Crippen LogP contribution in [-0.4, -0.2) is 10.2 Å². The quantitative estimate of drug-likeness (QED) is 0.300. The molecule has 0 fully saturated rings. The molecule has 0 radical (unpaired) electrons. The van der Waals surface area contributed by atoms with Crippen LogP contribution in [0.3, 0.4) is 0 Å². The van der Waals surface area contributed by atoms with E-state index in [0.717, 1.165) is 0 Å². The second-order valence-corrected chi connectivity index (χ2v) is 4.68. The predicted octanol–water partition coefficient (Wildman–Crippen LogP) is -2.16. The van der Waals surface area contributed by atoms with E-state index in [1.54, 1.807) is 0 Å². The van der Waals surface area contributed by atoms with Crippen LogP contribution >= 0.6 is 0 Å².